The summed E-state index contributed by atoms with van der Waals surface area (Å²) in [5, 5.41) is 0. The molecule has 12 heavy (non-hydrogen) atoms. The van der Waals surface area contributed by atoms with Gasteiger partial charge in [0.25, 0.3) is 0 Å². The Labute approximate surface area is 85.7 Å². The molecule has 1 nitrogen and oxygen atoms in total. The van der Waals surface area contributed by atoms with E-state index in [9.17, 15) is 4.79 Å². The molecule has 1 aromatic carbocycles. The minimum atomic E-state index is 0.160. The monoisotopic (exact) mass is 244 g/mol. The SMILES string of the molecule is CC(=O)Cc1ccc(Br)cc1S. The lowest BCUT2D eigenvalue weighted by atomic mass is 10.1. The number of carbonyl (C=O) groups excluding carboxylic acids is 1. The molecule has 0 unspecified atom stereocenters. The summed E-state index contributed by atoms with van der Waals surface area (Å²) in [7, 11) is 0. The van der Waals surface area contributed by atoms with Gasteiger partial charge in [0.1, 0.15) is 5.78 Å². The molecule has 0 aliphatic carbocycles. The molecule has 0 radical (unpaired) electrons. The highest BCUT2D eigenvalue weighted by Gasteiger charge is 2.01. The molecule has 1 rings (SSSR count). The van der Waals surface area contributed by atoms with Gasteiger partial charge in [-0.3, -0.25) is 4.79 Å². The van der Waals surface area contributed by atoms with E-state index in [2.05, 4.69) is 28.6 Å². The zero-order valence-electron chi connectivity index (χ0n) is 6.67. The number of halogens is 1. The molecule has 0 amide bonds. The number of hydrogen-bond donors (Lipinski definition) is 1. The fraction of sp³-hybridized carbons (Fsp3) is 0.222. The van der Waals surface area contributed by atoms with Crippen LogP contribution in [0.25, 0.3) is 0 Å². The molecule has 1 aromatic rings. The zero-order valence-corrected chi connectivity index (χ0v) is 9.15. The number of ketones is 1. The lowest BCUT2D eigenvalue weighted by Gasteiger charge is -2.02. The molecule has 64 valence electrons. The molecule has 0 aliphatic heterocycles. The van der Waals surface area contributed by atoms with Gasteiger partial charge in [-0.15, -0.1) is 12.6 Å². The summed E-state index contributed by atoms with van der Waals surface area (Å²) in [5.41, 5.74) is 0.981. The van der Waals surface area contributed by atoms with E-state index >= 15 is 0 Å². The summed E-state index contributed by atoms with van der Waals surface area (Å²) in [5.74, 6) is 0.160. The molecular formula is C9H9BrOS. The summed E-state index contributed by atoms with van der Waals surface area (Å²) in [6, 6.07) is 5.72. The first-order chi connectivity index (χ1) is 5.59. The summed E-state index contributed by atoms with van der Waals surface area (Å²) >= 11 is 7.59. The van der Waals surface area contributed by atoms with Crippen LogP contribution in [0.1, 0.15) is 12.5 Å². The van der Waals surface area contributed by atoms with Crippen LogP contribution in [0.4, 0.5) is 0 Å². The minimum absolute atomic E-state index is 0.160. The second kappa shape index (κ2) is 4.10. The van der Waals surface area contributed by atoms with Crippen molar-refractivity contribution in [3.63, 3.8) is 0 Å². The van der Waals surface area contributed by atoms with Crippen LogP contribution < -0.4 is 0 Å². The number of carbonyl (C=O) groups is 1. The predicted octanol–water partition coefficient (Wildman–Crippen LogP) is 2.87. The first kappa shape index (κ1) is 9.81. The maximum Gasteiger partial charge on any atom is 0.134 e. The number of benzene rings is 1. The van der Waals surface area contributed by atoms with Crippen LogP contribution >= 0.6 is 28.6 Å². The highest BCUT2D eigenvalue weighted by atomic mass is 79.9. The zero-order chi connectivity index (χ0) is 9.14. The molecule has 0 N–H and O–H groups in total. The van der Waals surface area contributed by atoms with Crippen LogP contribution in [0.5, 0.6) is 0 Å². The Morgan fingerprint density at radius 2 is 2.25 bits per heavy atom. The van der Waals surface area contributed by atoms with Crippen molar-refractivity contribution in [3.8, 4) is 0 Å². The summed E-state index contributed by atoms with van der Waals surface area (Å²) in [4.78, 5) is 11.7. The van der Waals surface area contributed by atoms with Gasteiger partial charge < -0.3 is 0 Å². The molecule has 3 heteroatoms. The van der Waals surface area contributed by atoms with Crippen LogP contribution in [-0.4, -0.2) is 5.78 Å². The Balaban J connectivity index is 2.93. The maximum atomic E-state index is 10.8. The molecule has 0 saturated carbocycles. The Morgan fingerprint density at radius 1 is 1.58 bits per heavy atom. The van der Waals surface area contributed by atoms with Crippen molar-refractivity contribution in [2.24, 2.45) is 0 Å². The molecule has 0 aromatic heterocycles. The fourth-order valence-electron chi connectivity index (χ4n) is 0.955. The average Bonchev–Trinajstić information content (AvgIpc) is 1.94. The largest absolute Gasteiger partial charge is 0.300 e. The Hall–Kier alpha value is -0.280. The van der Waals surface area contributed by atoms with Crippen molar-refractivity contribution in [1.82, 2.24) is 0 Å². The van der Waals surface area contributed by atoms with E-state index in [0.717, 1.165) is 14.9 Å². The smallest absolute Gasteiger partial charge is 0.134 e. The van der Waals surface area contributed by atoms with E-state index < -0.39 is 0 Å². The molecule has 0 spiro atoms. The molecule has 0 fully saturated rings. The summed E-state index contributed by atoms with van der Waals surface area (Å²) < 4.78 is 0.986. The highest BCUT2D eigenvalue weighted by Crippen LogP contribution is 2.20. The molecular weight excluding hydrogens is 236 g/mol. The van der Waals surface area contributed by atoms with Crippen LogP contribution in [-0.2, 0) is 11.2 Å². The number of thiol groups is 1. The van der Waals surface area contributed by atoms with Crippen molar-refractivity contribution in [1.29, 1.82) is 0 Å². The number of Topliss-reactive ketones (excluding diaryl/α,β-unsaturated/α-hetero) is 1. The minimum Gasteiger partial charge on any atom is -0.300 e. The maximum absolute atomic E-state index is 10.8. The van der Waals surface area contributed by atoms with Crippen molar-refractivity contribution in [2.45, 2.75) is 18.2 Å². The van der Waals surface area contributed by atoms with Gasteiger partial charge in [-0.05, 0) is 24.6 Å². The third kappa shape index (κ3) is 2.64. The molecule has 0 aliphatic rings. The predicted molar refractivity (Wildman–Crippen MR) is 55.8 cm³/mol. The molecule has 0 heterocycles. The van der Waals surface area contributed by atoms with Gasteiger partial charge in [0, 0.05) is 15.8 Å². The first-order valence-corrected chi connectivity index (χ1v) is 4.80. The standard InChI is InChI=1S/C9H9BrOS/c1-6(11)4-7-2-3-8(10)5-9(7)12/h2-3,5,12H,4H2,1H3. The normalized spacial score (nSPS) is 9.92. The average molecular weight is 245 g/mol. The quantitative estimate of drug-likeness (QED) is 0.793. The van der Waals surface area contributed by atoms with Gasteiger partial charge in [0.15, 0.2) is 0 Å². The topological polar surface area (TPSA) is 17.1 Å². The van der Waals surface area contributed by atoms with E-state index in [1.807, 2.05) is 18.2 Å². The van der Waals surface area contributed by atoms with Gasteiger partial charge >= 0.3 is 0 Å². The van der Waals surface area contributed by atoms with Gasteiger partial charge in [-0.1, -0.05) is 22.0 Å². The highest BCUT2D eigenvalue weighted by molar-refractivity contribution is 9.10. The van der Waals surface area contributed by atoms with Gasteiger partial charge in [-0.25, -0.2) is 0 Å². The van der Waals surface area contributed by atoms with E-state index in [-0.39, 0.29) is 5.78 Å². The third-order valence-corrected chi connectivity index (χ3v) is 2.40. The fourth-order valence-corrected chi connectivity index (χ4v) is 1.79. The lowest BCUT2D eigenvalue weighted by molar-refractivity contribution is -0.116. The van der Waals surface area contributed by atoms with Gasteiger partial charge in [0.2, 0.25) is 0 Å². The van der Waals surface area contributed by atoms with Crippen molar-refractivity contribution < 1.29 is 4.79 Å². The van der Waals surface area contributed by atoms with Crippen LogP contribution in [0.3, 0.4) is 0 Å². The Bertz CT molecular complexity index is 309. The summed E-state index contributed by atoms with van der Waals surface area (Å²) in [6.07, 6.45) is 0.464. The third-order valence-electron chi connectivity index (χ3n) is 1.49. The van der Waals surface area contributed by atoms with E-state index in [0.29, 0.717) is 6.42 Å². The second-order valence-corrected chi connectivity index (χ2v) is 4.05. The number of rotatable bonds is 2. The van der Waals surface area contributed by atoms with Crippen molar-refractivity contribution in [2.75, 3.05) is 0 Å². The number of hydrogen-bond acceptors (Lipinski definition) is 2. The Morgan fingerprint density at radius 3 is 2.75 bits per heavy atom. The van der Waals surface area contributed by atoms with Crippen LogP contribution in [0.15, 0.2) is 27.6 Å². The molecule has 0 saturated heterocycles. The van der Waals surface area contributed by atoms with Crippen molar-refractivity contribution in [3.05, 3.63) is 28.2 Å². The van der Waals surface area contributed by atoms with Gasteiger partial charge in [0.05, 0.1) is 0 Å². The van der Waals surface area contributed by atoms with Crippen LogP contribution in [0.2, 0.25) is 0 Å². The molecule has 0 atom stereocenters. The second-order valence-electron chi connectivity index (χ2n) is 2.65. The van der Waals surface area contributed by atoms with Gasteiger partial charge in [-0.2, -0.15) is 0 Å². The van der Waals surface area contributed by atoms with E-state index in [4.69, 9.17) is 0 Å². The molecule has 0 bridgehead atoms. The van der Waals surface area contributed by atoms with Crippen LogP contribution in [0, 0.1) is 0 Å². The lowest BCUT2D eigenvalue weighted by Crippen LogP contribution is -1.96. The van der Waals surface area contributed by atoms with Crippen molar-refractivity contribution >= 4 is 34.3 Å². The first-order valence-electron chi connectivity index (χ1n) is 3.56. The Kier molecular flexibility index (Phi) is 3.35. The summed E-state index contributed by atoms with van der Waals surface area (Å²) in [6.45, 7) is 1.58. The van der Waals surface area contributed by atoms with E-state index in [1.54, 1.807) is 6.92 Å². The van der Waals surface area contributed by atoms with E-state index in [1.165, 1.54) is 0 Å².